The summed E-state index contributed by atoms with van der Waals surface area (Å²) in [6.07, 6.45) is -1.26. The zero-order valence-corrected chi connectivity index (χ0v) is 18.3. The fourth-order valence-electron chi connectivity index (χ4n) is 3.66. The first kappa shape index (κ1) is 23.6. The predicted molar refractivity (Wildman–Crippen MR) is 111 cm³/mol. The first-order valence-electron chi connectivity index (χ1n) is 10.3. The van der Waals surface area contributed by atoms with Crippen molar-refractivity contribution in [1.29, 1.82) is 0 Å². The second-order valence-corrected chi connectivity index (χ2v) is 8.21. The van der Waals surface area contributed by atoms with Gasteiger partial charge in [-0.15, -0.1) is 0 Å². The Morgan fingerprint density at radius 3 is 2.53 bits per heavy atom. The Balaban J connectivity index is 1.62. The maximum absolute atomic E-state index is 12.9. The molecule has 8 nitrogen and oxygen atoms in total. The number of pyridine rings is 1. The van der Waals surface area contributed by atoms with E-state index in [1.807, 2.05) is 25.7 Å². The van der Waals surface area contributed by atoms with Crippen LogP contribution >= 0.6 is 0 Å². The van der Waals surface area contributed by atoms with Crippen molar-refractivity contribution in [3.05, 3.63) is 51.7 Å². The molecule has 11 heteroatoms. The van der Waals surface area contributed by atoms with E-state index >= 15 is 0 Å². The van der Waals surface area contributed by atoms with E-state index in [1.165, 1.54) is 6.20 Å². The number of nitrogens with one attached hydrogen (secondary N) is 1. The second-order valence-electron chi connectivity index (χ2n) is 8.21. The van der Waals surface area contributed by atoms with Crippen LogP contribution in [0.5, 0.6) is 0 Å². The van der Waals surface area contributed by atoms with E-state index in [2.05, 4.69) is 15.0 Å². The summed E-state index contributed by atoms with van der Waals surface area (Å²) in [5.41, 5.74) is -1.30. The van der Waals surface area contributed by atoms with Gasteiger partial charge in [0.2, 0.25) is 5.95 Å². The number of aryl methyl sites for hydroxylation is 1. The molecule has 0 radical (unpaired) electrons. The second kappa shape index (κ2) is 9.17. The summed E-state index contributed by atoms with van der Waals surface area (Å²) in [5, 5.41) is 0. The van der Waals surface area contributed by atoms with Crippen LogP contribution in [0.2, 0.25) is 0 Å². The molecule has 3 rings (SSSR count). The molecule has 3 atom stereocenters. The first-order valence-corrected chi connectivity index (χ1v) is 10.3. The van der Waals surface area contributed by atoms with Crippen LogP contribution in [0.4, 0.5) is 23.9 Å². The number of amides is 1. The topological polar surface area (TPSA) is 91.4 Å². The van der Waals surface area contributed by atoms with E-state index in [-0.39, 0.29) is 24.1 Å². The third-order valence-electron chi connectivity index (χ3n) is 5.34. The number of piperazine rings is 1. The Morgan fingerprint density at radius 2 is 1.91 bits per heavy atom. The Kier molecular flexibility index (Phi) is 6.75. The highest BCUT2D eigenvalue weighted by Gasteiger charge is 2.36. The average Bonchev–Trinajstić information content (AvgIpc) is 2.70. The molecular formula is C21H26F3N5O3. The van der Waals surface area contributed by atoms with Gasteiger partial charge in [0.05, 0.1) is 0 Å². The van der Waals surface area contributed by atoms with Crippen molar-refractivity contribution >= 4 is 12.0 Å². The minimum absolute atomic E-state index is 0.0344. The molecule has 2 aromatic rings. The van der Waals surface area contributed by atoms with E-state index in [9.17, 15) is 22.8 Å². The summed E-state index contributed by atoms with van der Waals surface area (Å²) in [6, 6.07) is 0.555. The van der Waals surface area contributed by atoms with E-state index in [1.54, 1.807) is 24.2 Å². The Labute approximate surface area is 183 Å². The molecule has 1 saturated heterocycles. The normalized spacial score (nSPS) is 20.2. The Morgan fingerprint density at radius 1 is 1.25 bits per heavy atom. The maximum atomic E-state index is 12.9. The van der Waals surface area contributed by atoms with E-state index in [4.69, 9.17) is 4.74 Å². The monoisotopic (exact) mass is 453 g/mol. The van der Waals surface area contributed by atoms with Crippen molar-refractivity contribution < 1.29 is 22.7 Å². The number of anilines is 1. The number of ether oxygens (including phenoxy) is 1. The number of carbonyl (C=O) groups is 1. The van der Waals surface area contributed by atoms with Crippen LogP contribution in [-0.2, 0) is 17.3 Å². The lowest BCUT2D eigenvalue weighted by Gasteiger charge is -2.43. The van der Waals surface area contributed by atoms with Crippen LogP contribution in [0, 0.1) is 6.92 Å². The van der Waals surface area contributed by atoms with Gasteiger partial charge in [-0.25, -0.2) is 14.8 Å². The number of halogens is 3. The molecule has 174 valence electrons. The minimum Gasteiger partial charge on any atom is -0.446 e. The third kappa shape index (κ3) is 5.38. The molecule has 1 N–H and O–H groups in total. The molecule has 0 aliphatic carbocycles. The molecule has 0 bridgehead atoms. The zero-order chi connectivity index (χ0) is 23.6. The predicted octanol–water partition coefficient (Wildman–Crippen LogP) is 3.16. The fraction of sp³-hybridized carbons (Fsp3) is 0.524. The van der Waals surface area contributed by atoms with E-state index in [0.717, 1.165) is 11.6 Å². The lowest BCUT2D eigenvalue weighted by atomic mass is 10.1. The molecule has 1 fully saturated rings. The Bertz CT molecular complexity index is 1010. The molecule has 0 aromatic carbocycles. The first-order chi connectivity index (χ1) is 15.0. The van der Waals surface area contributed by atoms with Gasteiger partial charge in [-0.2, -0.15) is 13.2 Å². The molecule has 1 aliphatic rings. The maximum Gasteiger partial charge on any atom is 0.421 e. The molecular weight excluding hydrogens is 427 g/mol. The van der Waals surface area contributed by atoms with Crippen molar-refractivity contribution in [1.82, 2.24) is 19.9 Å². The highest BCUT2D eigenvalue weighted by atomic mass is 19.4. The summed E-state index contributed by atoms with van der Waals surface area (Å²) in [7, 11) is 0. The molecule has 2 aromatic heterocycles. The lowest BCUT2D eigenvalue weighted by molar-refractivity contribution is -0.138. The fourth-order valence-corrected chi connectivity index (χ4v) is 3.66. The summed E-state index contributed by atoms with van der Waals surface area (Å²) in [4.78, 5) is 38.6. The van der Waals surface area contributed by atoms with Crippen LogP contribution in [0.1, 0.15) is 37.5 Å². The van der Waals surface area contributed by atoms with Gasteiger partial charge >= 0.3 is 12.3 Å². The number of carbonyl (C=O) groups excluding carboxylic acids is 1. The standard InChI is InChI=1S/C21H26F3N5O3/c1-12-7-26-19(27-8-12)28-10-14(3)29(11-13(28)2)20(31)32-15(4)5-16-6-17(21(22,23)24)18(30)25-9-16/h6-9,13-15H,5,10-11H2,1-4H3,(H,25,30)/t13-,14-,15?/m1/s1. The summed E-state index contributed by atoms with van der Waals surface area (Å²) in [5.74, 6) is 0.592. The molecule has 3 heterocycles. The molecule has 1 aliphatic heterocycles. The molecule has 0 saturated carbocycles. The number of rotatable bonds is 4. The minimum atomic E-state index is -4.75. The van der Waals surface area contributed by atoms with Crippen LogP contribution < -0.4 is 10.5 Å². The number of hydrogen-bond acceptors (Lipinski definition) is 6. The van der Waals surface area contributed by atoms with Crippen LogP contribution in [0.25, 0.3) is 0 Å². The van der Waals surface area contributed by atoms with Crippen LogP contribution in [0.3, 0.4) is 0 Å². The highest BCUT2D eigenvalue weighted by molar-refractivity contribution is 5.69. The van der Waals surface area contributed by atoms with E-state index in [0.29, 0.717) is 19.0 Å². The number of hydrogen-bond donors (Lipinski definition) is 1. The average molecular weight is 453 g/mol. The van der Waals surface area contributed by atoms with Crippen LogP contribution in [0.15, 0.2) is 29.5 Å². The van der Waals surface area contributed by atoms with Crippen molar-refractivity contribution in [3.8, 4) is 0 Å². The van der Waals surface area contributed by atoms with Crippen molar-refractivity contribution in [2.24, 2.45) is 0 Å². The zero-order valence-electron chi connectivity index (χ0n) is 18.3. The Hall–Kier alpha value is -3.11. The molecule has 0 spiro atoms. The largest absolute Gasteiger partial charge is 0.446 e. The highest BCUT2D eigenvalue weighted by Crippen LogP contribution is 2.27. The van der Waals surface area contributed by atoms with Crippen molar-refractivity contribution in [2.75, 3.05) is 18.0 Å². The molecule has 32 heavy (non-hydrogen) atoms. The summed E-state index contributed by atoms with van der Waals surface area (Å²) in [6.45, 7) is 8.25. The summed E-state index contributed by atoms with van der Waals surface area (Å²) < 4.78 is 44.3. The third-order valence-corrected chi connectivity index (χ3v) is 5.34. The van der Waals surface area contributed by atoms with Gasteiger partial charge in [-0.3, -0.25) is 4.79 Å². The molecule has 1 amide bonds. The number of H-pyrrole nitrogens is 1. The van der Waals surface area contributed by atoms with Gasteiger partial charge < -0.3 is 19.5 Å². The smallest absolute Gasteiger partial charge is 0.421 e. The number of aromatic nitrogens is 3. The van der Waals surface area contributed by atoms with Gasteiger partial charge in [0.25, 0.3) is 5.56 Å². The van der Waals surface area contributed by atoms with Gasteiger partial charge in [0.1, 0.15) is 11.7 Å². The van der Waals surface area contributed by atoms with Crippen LogP contribution in [-0.4, -0.2) is 57.2 Å². The SMILES string of the molecule is Cc1cnc(N2C[C@@H](C)N(C(=O)OC(C)Cc3c[nH]c(=O)c(C(F)(F)F)c3)C[C@H]2C)nc1. The molecule has 1 unspecified atom stereocenters. The van der Waals surface area contributed by atoms with Gasteiger partial charge in [-0.05, 0) is 44.9 Å². The number of aromatic amines is 1. The summed E-state index contributed by atoms with van der Waals surface area (Å²) >= 11 is 0. The van der Waals surface area contributed by atoms with Crippen molar-refractivity contribution in [2.45, 2.75) is 58.5 Å². The van der Waals surface area contributed by atoms with Gasteiger partial charge in [-0.1, -0.05) is 0 Å². The van der Waals surface area contributed by atoms with Gasteiger partial charge in [0, 0.05) is 50.2 Å². The quantitative estimate of drug-likeness (QED) is 0.765. The van der Waals surface area contributed by atoms with Gasteiger partial charge in [0.15, 0.2) is 0 Å². The van der Waals surface area contributed by atoms with E-state index < -0.39 is 29.5 Å². The number of nitrogens with zero attached hydrogens (tertiary/aromatic N) is 4. The van der Waals surface area contributed by atoms with Crippen molar-refractivity contribution in [3.63, 3.8) is 0 Å². The lowest BCUT2D eigenvalue weighted by Crippen LogP contribution is -2.59. The number of alkyl halides is 3.